The number of halogens is 1. The Kier molecular flexibility index (Phi) is 2.91. The average Bonchev–Trinajstić information content (AvgIpc) is 2.63. The summed E-state index contributed by atoms with van der Waals surface area (Å²) in [6.45, 7) is 2.64. The number of aromatic nitrogens is 2. The highest BCUT2D eigenvalue weighted by Gasteiger charge is 2.01. The van der Waals surface area contributed by atoms with Gasteiger partial charge in [0.1, 0.15) is 11.6 Å². The van der Waals surface area contributed by atoms with Gasteiger partial charge in [-0.15, -0.1) is 11.3 Å². The monoisotopic (exact) mass is 223 g/mol. The summed E-state index contributed by atoms with van der Waals surface area (Å²) in [5.41, 5.74) is 2.83. The molecule has 0 unspecified atom stereocenters. The van der Waals surface area contributed by atoms with Crippen LogP contribution in [-0.4, -0.2) is 9.97 Å². The predicted molar refractivity (Wildman–Crippen MR) is 58.4 cm³/mol. The van der Waals surface area contributed by atoms with Crippen LogP contribution in [0.2, 0.25) is 0 Å². The van der Waals surface area contributed by atoms with Crippen molar-refractivity contribution in [2.45, 2.75) is 13.5 Å². The molecule has 15 heavy (non-hydrogen) atoms. The van der Waals surface area contributed by atoms with Gasteiger partial charge < -0.3 is 5.32 Å². The lowest BCUT2D eigenvalue weighted by Crippen LogP contribution is -2.00. The molecule has 3 nitrogen and oxygen atoms in total. The van der Waals surface area contributed by atoms with E-state index in [-0.39, 0.29) is 5.82 Å². The highest BCUT2D eigenvalue weighted by Crippen LogP contribution is 2.14. The Hall–Kier alpha value is -1.49. The van der Waals surface area contributed by atoms with Crippen molar-refractivity contribution in [2.24, 2.45) is 0 Å². The van der Waals surface area contributed by atoms with Crippen molar-refractivity contribution >= 4 is 17.2 Å². The van der Waals surface area contributed by atoms with E-state index in [1.54, 1.807) is 17.4 Å². The minimum atomic E-state index is -0.325. The maximum atomic E-state index is 12.6. The van der Waals surface area contributed by atoms with Gasteiger partial charge in [-0.1, -0.05) is 0 Å². The molecule has 0 saturated heterocycles. The SMILES string of the molecule is Cc1ncsc1CNc1ccc(F)cn1. The molecule has 0 atom stereocenters. The zero-order valence-electron chi connectivity index (χ0n) is 8.20. The highest BCUT2D eigenvalue weighted by molar-refractivity contribution is 7.09. The third-order valence-corrected chi connectivity index (χ3v) is 2.94. The average molecular weight is 223 g/mol. The molecule has 2 heterocycles. The fourth-order valence-corrected chi connectivity index (χ4v) is 1.86. The molecule has 2 aromatic heterocycles. The molecule has 0 spiro atoms. The van der Waals surface area contributed by atoms with Crippen molar-refractivity contribution in [3.8, 4) is 0 Å². The van der Waals surface area contributed by atoms with Gasteiger partial charge in [0, 0.05) is 4.88 Å². The van der Waals surface area contributed by atoms with Gasteiger partial charge in [-0.2, -0.15) is 0 Å². The van der Waals surface area contributed by atoms with Gasteiger partial charge in [0.15, 0.2) is 0 Å². The summed E-state index contributed by atoms with van der Waals surface area (Å²) < 4.78 is 12.6. The molecule has 0 amide bonds. The van der Waals surface area contributed by atoms with Gasteiger partial charge >= 0.3 is 0 Å². The van der Waals surface area contributed by atoms with Crippen LogP contribution in [-0.2, 0) is 6.54 Å². The van der Waals surface area contributed by atoms with Crippen molar-refractivity contribution in [1.82, 2.24) is 9.97 Å². The summed E-state index contributed by atoms with van der Waals surface area (Å²) in [6.07, 6.45) is 1.20. The molecule has 0 radical (unpaired) electrons. The van der Waals surface area contributed by atoms with E-state index in [0.717, 1.165) is 5.69 Å². The number of thiazole rings is 1. The van der Waals surface area contributed by atoms with Crippen molar-refractivity contribution in [3.63, 3.8) is 0 Å². The van der Waals surface area contributed by atoms with Gasteiger partial charge in [0.2, 0.25) is 0 Å². The lowest BCUT2D eigenvalue weighted by Gasteiger charge is -2.03. The van der Waals surface area contributed by atoms with Gasteiger partial charge in [-0.3, -0.25) is 0 Å². The number of nitrogens with one attached hydrogen (secondary N) is 1. The molecular weight excluding hydrogens is 213 g/mol. The number of rotatable bonds is 3. The lowest BCUT2D eigenvalue weighted by molar-refractivity contribution is 0.621. The minimum Gasteiger partial charge on any atom is -0.365 e. The first-order valence-corrected chi connectivity index (χ1v) is 5.38. The number of hydrogen-bond acceptors (Lipinski definition) is 4. The number of nitrogens with zero attached hydrogens (tertiary/aromatic N) is 2. The molecule has 0 bridgehead atoms. The summed E-state index contributed by atoms with van der Waals surface area (Å²) in [4.78, 5) is 9.21. The highest BCUT2D eigenvalue weighted by atomic mass is 32.1. The molecule has 0 aromatic carbocycles. The van der Waals surface area contributed by atoms with E-state index in [9.17, 15) is 4.39 Å². The first-order valence-electron chi connectivity index (χ1n) is 4.50. The first kappa shape index (κ1) is 10.0. The molecule has 5 heteroatoms. The predicted octanol–water partition coefficient (Wildman–Crippen LogP) is 2.60. The fraction of sp³-hybridized carbons (Fsp3) is 0.200. The van der Waals surface area contributed by atoms with E-state index >= 15 is 0 Å². The van der Waals surface area contributed by atoms with Gasteiger partial charge in [0.25, 0.3) is 0 Å². The molecule has 0 saturated carbocycles. The van der Waals surface area contributed by atoms with Gasteiger partial charge in [0.05, 0.1) is 23.9 Å². The molecule has 0 aliphatic carbocycles. The van der Waals surface area contributed by atoms with Crippen LogP contribution in [0.5, 0.6) is 0 Å². The van der Waals surface area contributed by atoms with Crippen LogP contribution < -0.4 is 5.32 Å². The van der Waals surface area contributed by atoms with Crippen LogP contribution >= 0.6 is 11.3 Å². The van der Waals surface area contributed by atoms with Gasteiger partial charge in [-0.25, -0.2) is 14.4 Å². The maximum Gasteiger partial charge on any atom is 0.141 e. The number of anilines is 1. The summed E-state index contributed by atoms with van der Waals surface area (Å²) in [6, 6.07) is 3.00. The summed E-state index contributed by atoms with van der Waals surface area (Å²) in [5, 5.41) is 3.11. The minimum absolute atomic E-state index is 0.325. The Balaban J connectivity index is 1.99. The number of pyridine rings is 1. The Labute approximate surface area is 91.0 Å². The van der Waals surface area contributed by atoms with Crippen molar-refractivity contribution < 1.29 is 4.39 Å². The molecular formula is C10H10FN3S. The normalized spacial score (nSPS) is 10.3. The quantitative estimate of drug-likeness (QED) is 0.869. The van der Waals surface area contributed by atoms with Crippen LogP contribution in [0.1, 0.15) is 10.6 Å². The fourth-order valence-electron chi connectivity index (χ4n) is 1.15. The Bertz CT molecular complexity index is 438. The van der Waals surface area contributed by atoms with Crippen LogP contribution in [0.4, 0.5) is 10.2 Å². The van der Waals surface area contributed by atoms with Crippen LogP contribution in [0.25, 0.3) is 0 Å². The standard InChI is InChI=1S/C10H10FN3S/c1-7-9(15-6-14-7)5-13-10-3-2-8(11)4-12-10/h2-4,6H,5H2,1H3,(H,12,13). The summed E-state index contributed by atoms with van der Waals surface area (Å²) in [7, 11) is 0. The molecule has 2 aromatic rings. The third-order valence-electron chi connectivity index (χ3n) is 2.00. The number of aryl methyl sites for hydroxylation is 1. The van der Waals surface area contributed by atoms with Crippen LogP contribution in [0.15, 0.2) is 23.8 Å². The topological polar surface area (TPSA) is 37.8 Å². The van der Waals surface area contributed by atoms with Gasteiger partial charge in [-0.05, 0) is 19.1 Å². The maximum absolute atomic E-state index is 12.6. The van der Waals surface area contributed by atoms with Crippen molar-refractivity contribution in [1.29, 1.82) is 0 Å². The second kappa shape index (κ2) is 4.35. The van der Waals surface area contributed by atoms with E-state index in [0.29, 0.717) is 12.4 Å². The Morgan fingerprint density at radius 2 is 2.27 bits per heavy atom. The smallest absolute Gasteiger partial charge is 0.141 e. The van der Waals surface area contributed by atoms with E-state index in [2.05, 4.69) is 15.3 Å². The zero-order valence-corrected chi connectivity index (χ0v) is 9.01. The summed E-state index contributed by atoms with van der Waals surface area (Å²) in [5.74, 6) is 0.346. The van der Waals surface area contributed by atoms with E-state index in [4.69, 9.17) is 0 Å². The van der Waals surface area contributed by atoms with Crippen molar-refractivity contribution in [3.05, 3.63) is 40.2 Å². The van der Waals surface area contributed by atoms with Crippen LogP contribution in [0.3, 0.4) is 0 Å². The van der Waals surface area contributed by atoms with E-state index in [1.165, 1.54) is 17.1 Å². The number of hydrogen-bond donors (Lipinski definition) is 1. The van der Waals surface area contributed by atoms with Crippen LogP contribution in [0, 0.1) is 12.7 Å². The Morgan fingerprint density at radius 3 is 2.87 bits per heavy atom. The molecule has 0 aliphatic heterocycles. The van der Waals surface area contributed by atoms with E-state index < -0.39 is 0 Å². The van der Waals surface area contributed by atoms with E-state index in [1.807, 2.05) is 12.4 Å². The second-order valence-corrected chi connectivity index (χ2v) is 4.02. The first-order chi connectivity index (χ1) is 7.25. The Morgan fingerprint density at radius 1 is 1.40 bits per heavy atom. The van der Waals surface area contributed by atoms with Crippen molar-refractivity contribution in [2.75, 3.05) is 5.32 Å². The zero-order chi connectivity index (χ0) is 10.7. The largest absolute Gasteiger partial charge is 0.365 e. The molecule has 0 aliphatic rings. The third kappa shape index (κ3) is 2.50. The lowest BCUT2D eigenvalue weighted by atomic mass is 10.4. The summed E-state index contributed by atoms with van der Waals surface area (Å²) >= 11 is 1.60. The second-order valence-electron chi connectivity index (χ2n) is 3.08. The molecule has 2 rings (SSSR count). The molecule has 1 N–H and O–H groups in total. The molecule has 78 valence electrons. The molecule has 0 fully saturated rings.